The molecular formula is C13H18N2O2. The van der Waals surface area contributed by atoms with E-state index >= 15 is 0 Å². The molecule has 92 valence electrons. The predicted octanol–water partition coefficient (Wildman–Crippen LogP) is 1.02. The van der Waals surface area contributed by atoms with E-state index in [-0.39, 0.29) is 11.9 Å². The van der Waals surface area contributed by atoms with E-state index in [2.05, 4.69) is 5.32 Å². The average molecular weight is 234 g/mol. The molecule has 0 bridgehead atoms. The van der Waals surface area contributed by atoms with Crippen molar-refractivity contribution in [3.8, 4) is 5.75 Å². The fourth-order valence-electron chi connectivity index (χ4n) is 2.04. The van der Waals surface area contributed by atoms with Crippen molar-refractivity contribution >= 4 is 5.91 Å². The molecule has 17 heavy (non-hydrogen) atoms. The van der Waals surface area contributed by atoms with Gasteiger partial charge in [0, 0.05) is 19.6 Å². The van der Waals surface area contributed by atoms with Crippen molar-refractivity contribution < 1.29 is 9.53 Å². The number of rotatable bonds is 3. The van der Waals surface area contributed by atoms with Gasteiger partial charge in [0.2, 0.25) is 5.91 Å². The number of amides is 1. The molecule has 4 heteroatoms. The first-order valence-electron chi connectivity index (χ1n) is 5.86. The number of carbonyl (C=O) groups excluding carboxylic acids is 1. The molecule has 0 spiro atoms. The Morgan fingerprint density at radius 2 is 2.35 bits per heavy atom. The predicted molar refractivity (Wildman–Crippen MR) is 65.9 cm³/mol. The van der Waals surface area contributed by atoms with E-state index in [1.165, 1.54) is 0 Å². The molecular weight excluding hydrogens is 216 g/mol. The highest BCUT2D eigenvalue weighted by Crippen LogP contribution is 2.15. The molecule has 1 unspecified atom stereocenters. The van der Waals surface area contributed by atoms with Gasteiger partial charge in [-0.15, -0.1) is 0 Å². The Morgan fingerprint density at radius 3 is 3.12 bits per heavy atom. The SMILES string of the molecule is COc1cccc(CN2CCNC(C)C2=O)c1. The van der Waals surface area contributed by atoms with Gasteiger partial charge in [0.25, 0.3) is 0 Å². The summed E-state index contributed by atoms with van der Waals surface area (Å²) in [4.78, 5) is 13.8. The normalized spacial score (nSPS) is 20.5. The number of nitrogens with zero attached hydrogens (tertiary/aromatic N) is 1. The Labute approximate surface area is 102 Å². The molecule has 1 aromatic carbocycles. The van der Waals surface area contributed by atoms with Gasteiger partial charge in [-0.1, -0.05) is 12.1 Å². The van der Waals surface area contributed by atoms with Crippen LogP contribution in [-0.4, -0.2) is 37.0 Å². The van der Waals surface area contributed by atoms with Gasteiger partial charge in [-0.05, 0) is 24.6 Å². The maximum absolute atomic E-state index is 11.9. The fraction of sp³-hybridized carbons (Fsp3) is 0.462. The second-order valence-corrected chi connectivity index (χ2v) is 4.29. The molecule has 1 amide bonds. The molecule has 1 aliphatic heterocycles. The van der Waals surface area contributed by atoms with E-state index in [1.807, 2.05) is 36.1 Å². The second-order valence-electron chi connectivity index (χ2n) is 4.29. The molecule has 1 fully saturated rings. The molecule has 1 aromatic rings. The summed E-state index contributed by atoms with van der Waals surface area (Å²) in [6.07, 6.45) is 0. The van der Waals surface area contributed by atoms with Crippen molar-refractivity contribution in [1.29, 1.82) is 0 Å². The van der Waals surface area contributed by atoms with Crippen LogP contribution in [0.25, 0.3) is 0 Å². The number of nitrogens with one attached hydrogen (secondary N) is 1. The summed E-state index contributed by atoms with van der Waals surface area (Å²) in [5.41, 5.74) is 1.10. The highest BCUT2D eigenvalue weighted by molar-refractivity contribution is 5.82. The lowest BCUT2D eigenvalue weighted by atomic mass is 10.1. The lowest BCUT2D eigenvalue weighted by Gasteiger charge is -2.31. The first-order valence-corrected chi connectivity index (χ1v) is 5.86. The second kappa shape index (κ2) is 5.19. The topological polar surface area (TPSA) is 41.6 Å². The van der Waals surface area contributed by atoms with Gasteiger partial charge >= 0.3 is 0 Å². The third kappa shape index (κ3) is 2.77. The monoisotopic (exact) mass is 234 g/mol. The Morgan fingerprint density at radius 1 is 1.53 bits per heavy atom. The first kappa shape index (κ1) is 11.9. The minimum absolute atomic E-state index is 0.0747. The Balaban J connectivity index is 2.06. The van der Waals surface area contributed by atoms with Crippen LogP contribution in [0.15, 0.2) is 24.3 Å². The quantitative estimate of drug-likeness (QED) is 0.849. The van der Waals surface area contributed by atoms with Gasteiger partial charge in [-0.25, -0.2) is 0 Å². The zero-order valence-electron chi connectivity index (χ0n) is 10.3. The Bertz CT molecular complexity index is 406. The van der Waals surface area contributed by atoms with Crippen LogP contribution in [0, 0.1) is 0 Å². The summed E-state index contributed by atoms with van der Waals surface area (Å²) >= 11 is 0. The average Bonchev–Trinajstić information content (AvgIpc) is 2.35. The fourth-order valence-corrected chi connectivity index (χ4v) is 2.04. The van der Waals surface area contributed by atoms with Gasteiger partial charge in [-0.2, -0.15) is 0 Å². The standard InChI is InChI=1S/C13H18N2O2/c1-10-13(16)15(7-6-14-10)9-11-4-3-5-12(8-11)17-2/h3-5,8,10,14H,6-7,9H2,1-2H3. The van der Waals surface area contributed by atoms with Crippen LogP contribution in [-0.2, 0) is 11.3 Å². The van der Waals surface area contributed by atoms with E-state index in [0.717, 1.165) is 24.4 Å². The third-order valence-electron chi connectivity index (χ3n) is 3.02. The van der Waals surface area contributed by atoms with E-state index in [4.69, 9.17) is 4.74 Å². The maximum Gasteiger partial charge on any atom is 0.239 e. The van der Waals surface area contributed by atoms with Gasteiger partial charge in [-0.3, -0.25) is 4.79 Å². The number of ether oxygens (including phenoxy) is 1. The Hall–Kier alpha value is -1.55. The molecule has 2 rings (SSSR count). The first-order chi connectivity index (χ1) is 8.20. The molecule has 1 atom stereocenters. The van der Waals surface area contributed by atoms with Crippen molar-refractivity contribution in [2.75, 3.05) is 20.2 Å². The summed E-state index contributed by atoms with van der Waals surface area (Å²) < 4.78 is 5.18. The van der Waals surface area contributed by atoms with Gasteiger partial charge < -0.3 is 15.0 Å². The van der Waals surface area contributed by atoms with Crippen molar-refractivity contribution in [1.82, 2.24) is 10.2 Å². The number of hydrogen-bond donors (Lipinski definition) is 1. The van der Waals surface area contributed by atoms with E-state index in [0.29, 0.717) is 6.54 Å². The van der Waals surface area contributed by atoms with E-state index in [1.54, 1.807) is 7.11 Å². The van der Waals surface area contributed by atoms with Crippen LogP contribution in [0.3, 0.4) is 0 Å². The number of carbonyl (C=O) groups is 1. The lowest BCUT2D eigenvalue weighted by molar-refractivity contribution is -0.135. The molecule has 0 radical (unpaired) electrons. The molecule has 1 heterocycles. The largest absolute Gasteiger partial charge is 0.497 e. The van der Waals surface area contributed by atoms with Crippen LogP contribution >= 0.6 is 0 Å². The molecule has 0 aliphatic carbocycles. The molecule has 0 aromatic heterocycles. The summed E-state index contributed by atoms with van der Waals surface area (Å²) in [6.45, 7) is 4.18. The number of benzene rings is 1. The molecule has 0 saturated carbocycles. The number of piperazine rings is 1. The van der Waals surface area contributed by atoms with Crippen LogP contribution in [0.4, 0.5) is 0 Å². The van der Waals surface area contributed by atoms with Gasteiger partial charge in [0.15, 0.2) is 0 Å². The summed E-state index contributed by atoms with van der Waals surface area (Å²) in [7, 11) is 1.65. The highest BCUT2D eigenvalue weighted by atomic mass is 16.5. The van der Waals surface area contributed by atoms with Crippen molar-refractivity contribution in [3.05, 3.63) is 29.8 Å². The summed E-state index contributed by atoms with van der Waals surface area (Å²) in [5, 5.41) is 3.15. The van der Waals surface area contributed by atoms with Crippen molar-refractivity contribution in [2.45, 2.75) is 19.5 Å². The van der Waals surface area contributed by atoms with Gasteiger partial charge in [0.05, 0.1) is 13.2 Å². The highest BCUT2D eigenvalue weighted by Gasteiger charge is 2.24. The van der Waals surface area contributed by atoms with E-state index < -0.39 is 0 Å². The molecule has 1 aliphatic rings. The lowest BCUT2D eigenvalue weighted by Crippen LogP contribution is -2.53. The molecule has 1 saturated heterocycles. The number of hydrogen-bond acceptors (Lipinski definition) is 3. The summed E-state index contributed by atoms with van der Waals surface area (Å²) in [5.74, 6) is 0.997. The van der Waals surface area contributed by atoms with Crippen LogP contribution in [0.2, 0.25) is 0 Å². The Kier molecular flexibility index (Phi) is 3.64. The van der Waals surface area contributed by atoms with Crippen molar-refractivity contribution in [3.63, 3.8) is 0 Å². The van der Waals surface area contributed by atoms with Crippen LogP contribution < -0.4 is 10.1 Å². The maximum atomic E-state index is 11.9. The summed E-state index contributed by atoms with van der Waals surface area (Å²) in [6, 6.07) is 7.77. The van der Waals surface area contributed by atoms with Crippen LogP contribution in [0.5, 0.6) is 5.75 Å². The smallest absolute Gasteiger partial charge is 0.239 e. The van der Waals surface area contributed by atoms with Crippen molar-refractivity contribution in [2.24, 2.45) is 0 Å². The third-order valence-corrected chi connectivity index (χ3v) is 3.02. The molecule has 4 nitrogen and oxygen atoms in total. The zero-order valence-corrected chi connectivity index (χ0v) is 10.3. The zero-order chi connectivity index (χ0) is 12.3. The minimum Gasteiger partial charge on any atom is -0.497 e. The van der Waals surface area contributed by atoms with Crippen LogP contribution in [0.1, 0.15) is 12.5 Å². The van der Waals surface area contributed by atoms with Gasteiger partial charge in [0.1, 0.15) is 5.75 Å². The molecule has 1 N–H and O–H groups in total. The van der Waals surface area contributed by atoms with E-state index in [9.17, 15) is 4.79 Å². The minimum atomic E-state index is -0.0747. The number of methoxy groups -OCH3 is 1.